The lowest BCUT2D eigenvalue weighted by Crippen LogP contribution is -2.51. The van der Waals surface area contributed by atoms with Gasteiger partial charge in [0.1, 0.15) is 0 Å². The third kappa shape index (κ3) is 4.48. The maximum Gasteiger partial charge on any atom is 0.0807 e. The van der Waals surface area contributed by atoms with E-state index in [0.717, 1.165) is 31.0 Å². The fourth-order valence-electron chi connectivity index (χ4n) is 2.41. The zero-order valence-corrected chi connectivity index (χ0v) is 13.3. The first-order chi connectivity index (χ1) is 9.07. The van der Waals surface area contributed by atoms with Crippen LogP contribution in [0.15, 0.2) is 24.3 Å². The van der Waals surface area contributed by atoms with E-state index in [2.05, 4.69) is 32.2 Å². The van der Waals surface area contributed by atoms with Gasteiger partial charge >= 0.3 is 0 Å². The highest BCUT2D eigenvalue weighted by Gasteiger charge is 2.33. The first-order valence-electron chi connectivity index (χ1n) is 7.18. The van der Waals surface area contributed by atoms with E-state index in [9.17, 15) is 0 Å². The number of rotatable bonds is 8. The van der Waals surface area contributed by atoms with Crippen LogP contribution in [-0.4, -0.2) is 24.8 Å². The predicted octanol–water partition coefficient (Wildman–Crippen LogP) is 4.07. The van der Waals surface area contributed by atoms with Crippen LogP contribution < -0.4 is 5.32 Å². The van der Waals surface area contributed by atoms with Gasteiger partial charge in [0.15, 0.2) is 0 Å². The Labute approximate surface area is 122 Å². The number of nitrogens with one attached hydrogen (secondary N) is 1. The summed E-state index contributed by atoms with van der Waals surface area (Å²) in [5, 5.41) is 4.38. The molecule has 0 amide bonds. The Morgan fingerprint density at radius 1 is 1.26 bits per heavy atom. The van der Waals surface area contributed by atoms with Crippen molar-refractivity contribution in [3.05, 3.63) is 34.9 Å². The molecular weight excluding hydrogens is 258 g/mol. The molecule has 0 spiro atoms. The standard InChI is InChI=1S/C16H26ClNO/c1-5-16(4,19-7-3)15(18-6-2)12-13-10-8-9-11-14(13)17/h8-11,15,18H,5-7,12H2,1-4H3. The van der Waals surface area contributed by atoms with Gasteiger partial charge in [-0.15, -0.1) is 0 Å². The van der Waals surface area contributed by atoms with Gasteiger partial charge in [-0.05, 0) is 44.9 Å². The predicted molar refractivity (Wildman–Crippen MR) is 82.9 cm³/mol. The lowest BCUT2D eigenvalue weighted by molar-refractivity contribution is -0.0546. The second-order valence-electron chi connectivity index (χ2n) is 5.01. The van der Waals surface area contributed by atoms with Gasteiger partial charge in [-0.1, -0.05) is 43.6 Å². The molecule has 0 aliphatic heterocycles. The van der Waals surface area contributed by atoms with E-state index in [4.69, 9.17) is 16.3 Å². The normalized spacial score (nSPS) is 16.1. The molecule has 0 aromatic heterocycles. The van der Waals surface area contributed by atoms with Gasteiger partial charge < -0.3 is 10.1 Å². The average molecular weight is 284 g/mol. The summed E-state index contributed by atoms with van der Waals surface area (Å²) in [7, 11) is 0. The lowest BCUT2D eigenvalue weighted by atomic mass is 9.88. The second-order valence-corrected chi connectivity index (χ2v) is 5.41. The molecule has 0 aliphatic carbocycles. The summed E-state index contributed by atoms with van der Waals surface area (Å²) >= 11 is 6.27. The van der Waals surface area contributed by atoms with Crippen molar-refractivity contribution in [3.63, 3.8) is 0 Å². The number of benzene rings is 1. The van der Waals surface area contributed by atoms with Crippen LogP contribution in [0.2, 0.25) is 5.02 Å². The van der Waals surface area contributed by atoms with E-state index in [1.807, 2.05) is 25.1 Å². The fourth-order valence-corrected chi connectivity index (χ4v) is 2.63. The van der Waals surface area contributed by atoms with E-state index < -0.39 is 0 Å². The number of hydrogen-bond donors (Lipinski definition) is 1. The minimum absolute atomic E-state index is 0.163. The summed E-state index contributed by atoms with van der Waals surface area (Å²) in [5.41, 5.74) is 1.01. The molecule has 0 radical (unpaired) electrons. The topological polar surface area (TPSA) is 21.3 Å². The molecule has 1 aromatic rings. The van der Waals surface area contributed by atoms with Crippen LogP contribution >= 0.6 is 11.6 Å². The highest BCUT2D eigenvalue weighted by Crippen LogP contribution is 2.26. The van der Waals surface area contributed by atoms with Crippen LogP contribution in [0.3, 0.4) is 0 Å². The average Bonchev–Trinajstić information content (AvgIpc) is 2.40. The molecule has 2 unspecified atom stereocenters. The van der Waals surface area contributed by atoms with Gasteiger partial charge in [0.2, 0.25) is 0 Å². The highest BCUT2D eigenvalue weighted by atomic mass is 35.5. The van der Waals surface area contributed by atoms with Crippen LogP contribution in [0.25, 0.3) is 0 Å². The molecule has 108 valence electrons. The molecule has 0 saturated carbocycles. The maximum absolute atomic E-state index is 6.27. The van der Waals surface area contributed by atoms with E-state index in [1.165, 1.54) is 5.56 Å². The van der Waals surface area contributed by atoms with Crippen LogP contribution in [0.1, 0.15) is 39.7 Å². The van der Waals surface area contributed by atoms with E-state index >= 15 is 0 Å². The highest BCUT2D eigenvalue weighted by molar-refractivity contribution is 6.31. The van der Waals surface area contributed by atoms with Crippen molar-refractivity contribution in [1.29, 1.82) is 0 Å². The molecule has 1 rings (SSSR count). The van der Waals surface area contributed by atoms with Gasteiger partial charge in [0.25, 0.3) is 0 Å². The number of ether oxygens (including phenoxy) is 1. The van der Waals surface area contributed by atoms with Crippen molar-refractivity contribution in [2.24, 2.45) is 0 Å². The summed E-state index contributed by atoms with van der Waals surface area (Å²) in [6, 6.07) is 8.31. The van der Waals surface area contributed by atoms with Crippen LogP contribution in [0, 0.1) is 0 Å². The second kappa shape index (κ2) is 7.88. The zero-order valence-electron chi connectivity index (χ0n) is 12.5. The molecule has 1 N–H and O–H groups in total. The molecular formula is C16H26ClNO. The minimum Gasteiger partial charge on any atom is -0.374 e. The molecule has 2 atom stereocenters. The van der Waals surface area contributed by atoms with Gasteiger partial charge in [-0.3, -0.25) is 0 Å². The number of likely N-dealkylation sites (N-methyl/N-ethyl adjacent to an activating group) is 1. The number of hydrogen-bond acceptors (Lipinski definition) is 2. The van der Waals surface area contributed by atoms with Crippen LogP contribution in [0.4, 0.5) is 0 Å². The summed E-state index contributed by atoms with van der Waals surface area (Å²) in [5.74, 6) is 0. The Morgan fingerprint density at radius 3 is 2.47 bits per heavy atom. The first kappa shape index (κ1) is 16.5. The molecule has 0 bridgehead atoms. The largest absolute Gasteiger partial charge is 0.374 e. The zero-order chi connectivity index (χ0) is 14.3. The molecule has 3 heteroatoms. The fraction of sp³-hybridized carbons (Fsp3) is 0.625. The smallest absolute Gasteiger partial charge is 0.0807 e. The Kier molecular flexibility index (Phi) is 6.84. The number of halogens is 1. The maximum atomic E-state index is 6.27. The summed E-state index contributed by atoms with van der Waals surface area (Å²) in [4.78, 5) is 0. The Balaban J connectivity index is 2.91. The molecule has 0 aliphatic rings. The molecule has 0 saturated heterocycles. The van der Waals surface area contributed by atoms with Gasteiger partial charge in [0.05, 0.1) is 5.60 Å². The van der Waals surface area contributed by atoms with Crippen molar-refractivity contribution in [2.45, 2.75) is 52.2 Å². The van der Waals surface area contributed by atoms with Gasteiger partial charge in [0, 0.05) is 17.7 Å². The third-order valence-electron chi connectivity index (χ3n) is 3.75. The van der Waals surface area contributed by atoms with Crippen molar-refractivity contribution in [1.82, 2.24) is 5.32 Å². The molecule has 0 fully saturated rings. The minimum atomic E-state index is -0.163. The molecule has 0 heterocycles. The Morgan fingerprint density at radius 2 is 1.95 bits per heavy atom. The van der Waals surface area contributed by atoms with Crippen molar-refractivity contribution < 1.29 is 4.74 Å². The SMILES string of the molecule is CCNC(Cc1ccccc1Cl)C(C)(CC)OCC. The van der Waals surface area contributed by atoms with Crippen molar-refractivity contribution in [2.75, 3.05) is 13.2 Å². The Hall–Kier alpha value is -0.570. The summed E-state index contributed by atoms with van der Waals surface area (Å²) in [6.07, 6.45) is 1.86. The monoisotopic (exact) mass is 283 g/mol. The van der Waals surface area contributed by atoms with E-state index in [-0.39, 0.29) is 11.6 Å². The molecule has 2 nitrogen and oxygen atoms in total. The first-order valence-corrected chi connectivity index (χ1v) is 7.55. The summed E-state index contributed by atoms with van der Waals surface area (Å²) in [6.45, 7) is 10.2. The van der Waals surface area contributed by atoms with Crippen LogP contribution in [0.5, 0.6) is 0 Å². The van der Waals surface area contributed by atoms with Crippen molar-refractivity contribution >= 4 is 11.6 Å². The third-order valence-corrected chi connectivity index (χ3v) is 4.11. The molecule has 19 heavy (non-hydrogen) atoms. The van der Waals surface area contributed by atoms with Crippen LogP contribution in [-0.2, 0) is 11.2 Å². The van der Waals surface area contributed by atoms with Gasteiger partial charge in [-0.25, -0.2) is 0 Å². The van der Waals surface area contributed by atoms with E-state index in [0.29, 0.717) is 0 Å². The van der Waals surface area contributed by atoms with E-state index in [1.54, 1.807) is 0 Å². The summed E-state index contributed by atoms with van der Waals surface area (Å²) < 4.78 is 6.00. The lowest BCUT2D eigenvalue weighted by Gasteiger charge is -2.37. The quantitative estimate of drug-likeness (QED) is 0.777. The van der Waals surface area contributed by atoms with Crippen molar-refractivity contribution in [3.8, 4) is 0 Å². The van der Waals surface area contributed by atoms with Gasteiger partial charge in [-0.2, -0.15) is 0 Å². The molecule has 1 aromatic carbocycles. The Bertz CT molecular complexity index is 383.